The van der Waals surface area contributed by atoms with Gasteiger partial charge in [-0.05, 0) is 25.0 Å². The largest absolute Gasteiger partial charge is 0.433 e. The Bertz CT molecular complexity index is 604. The minimum Gasteiger partial charge on any atom is -0.355 e. The highest BCUT2D eigenvalue weighted by atomic mass is 32.2. The number of alkyl halides is 3. The maximum atomic E-state index is 12.7. The van der Waals surface area contributed by atoms with Crippen LogP contribution in [0.3, 0.4) is 0 Å². The minimum atomic E-state index is -4.49. The first-order chi connectivity index (χ1) is 9.65. The van der Waals surface area contributed by atoms with Crippen LogP contribution in [0.15, 0.2) is 18.2 Å². The van der Waals surface area contributed by atoms with Crippen LogP contribution in [0.2, 0.25) is 0 Å². The van der Waals surface area contributed by atoms with E-state index >= 15 is 0 Å². The maximum Gasteiger partial charge on any atom is 0.433 e. The molecule has 1 atom stereocenters. The third-order valence-corrected chi connectivity index (χ3v) is 3.91. The van der Waals surface area contributed by atoms with Crippen LogP contribution in [-0.4, -0.2) is 38.8 Å². The van der Waals surface area contributed by atoms with Crippen molar-refractivity contribution in [2.75, 3.05) is 24.2 Å². The molecular weight excluding hydrogens is 307 g/mol. The third kappa shape index (κ3) is 4.57. The summed E-state index contributed by atoms with van der Waals surface area (Å²) in [5.41, 5.74) is -0.946. The first-order valence-corrected chi connectivity index (χ1v) is 8.31. The summed E-state index contributed by atoms with van der Waals surface area (Å²) < 4.78 is 62.9. The maximum absolute atomic E-state index is 12.7. The van der Waals surface area contributed by atoms with Crippen molar-refractivity contribution in [2.24, 2.45) is 0 Å². The molecule has 0 bridgehead atoms. The molecule has 0 spiro atoms. The molecule has 0 saturated carbocycles. The van der Waals surface area contributed by atoms with Crippen LogP contribution >= 0.6 is 0 Å². The Morgan fingerprint density at radius 3 is 2.71 bits per heavy atom. The summed E-state index contributed by atoms with van der Waals surface area (Å²) in [6, 6.07) is 3.40. The normalized spacial score (nSPS) is 20.6. The number of pyridine rings is 1. The number of anilines is 1. The van der Waals surface area contributed by atoms with Gasteiger partial charge in [-0.2, -0.15) is 13.2 Å². The lowest BCUT2D eigenvalue weighted by molar-refractivity contribution is -0.141. The minimum absolute atomic E-state index is 0.213. The molecule has 0 aliphatic carbocycles. The summed E-state index contributed by atoms with van der Waals surface area (Å²) >= 11 is 0. The van der Waals surface area contributed by atoms with Crippen molar-refractivity contribution in [3.63, 3.8) is 0 Å². The van der Waals surface area contributed by atoms with E-state index in [4.69, 9.17) is 0 Å². The molecule has 9 heteroatoms. The van der Waals surface area contributed by atoms with Gasteiger partial charge < -0.3 is 4.90 Å². The van der Waals surface area contributed by atoms with Crippen LogP contribution in [-0.2, 0) is 16.2 Å². The van der Waals surface area contributed by atoms with Gasteiger partial charge in [-0.15, -0.1) is 0 Å². The highest BCUT2D eigenvalue weighted by Crippen LogP contribution is 2.29. The Morgan fingerprint density at radius 1 is 1.38 bits per heavy atom. The van der Waals surface area contributed by atoms with Crippen molar-refractivity contribution < 1.29 is 21.6 Å². The van der Waals surface area contributed by atoms with E-state index in [2.05, 4.69) is 9.71 Å². The second kappa shape index (κ2) is 5.80. The summed E-state index contributed by atoms with van der Waals surface area (Å²) in [5, 5.41) is 0. The first-order valence-electron chi connectivity index (χ1n) is 6.42. The number of piperidine rings is 1. The van der Waals surface area contributed by atoms with Crippen molar-refractivity contribution in [3.8, 4) is 0 Å². The fourth-order valence-corrected chi connectivity index (χ4v) is 3.14. The van der Waals surface area contributed by atoms with Gasteiger partial charge in [0, 0.05) is 19.1 Å². The molecule has 1 fully saturated rings. The molecule has 2 heterocycles. The van der Waals surface area contributed by atoms with Crippen LogP contribution in [0.4, 0.5) is 19.0 Å². The Morgan fingerprint density at radius 2 is 2.10 bits per heavy atom. The topological polar surface area (TPSA) is 62.3 Å². The predicted octanol–water partition coefficient (Wildman–Crippen LogP) is 1.62. The van der Waals surface area contributed by atoms with E-state index in [0.717, 1.165) is 12.3 Å². The number of nitrogens with zero attached hydrogens (tertiary/aromatic N) is 2. The molecule has 0 unspecified atom stereocenters. The fourth-order valence-electron chi connectivity index (χ4n) is 2.34. The number of sulfonamides is 1. The van der Waals surface area contributed by atoms with Crippen LogP contribution in [0, 0.1) is 0 Å². The van der Waals surface area contributed by atoms with E-state index in [-0.39, 0.29) is 11.9 Å². The lowest BCUT2D eigenvalue weighted by Gasteiger charge is -2.33. The zero-order valence-corrected chi connectivity index (χ0v) is 12.2. The van der Waals surface area contributed by atoms with Gasteiger partial charge in [-0.25, -0.2) is 18.1 Å². The molecule has 118 valence electrons. The van der Waals surface area contributed by atoms with Crippen molar-refractivity contribution in [1.82, 2.24) is 9.71 Å². The van der Waals surface area contributed by atoms with Crippen LogP contribution in [0.1, 0.15) is 18.5 Å². The van der Waals surface area contributed by atoms with Gasteiger partial charge in [0.2, 0.25) is 10.0 Å². The molecule has 0 amide bonds. The van der Waals surface area contributed by atoms with E-state index in [1.807, 2.05) is 0 Å². The SMILES string of the molecule is CS(=O)(=O)N[C@@H]1CCCN(c2cccc(C(F)(F)F)n2)C1. The summed E-state index contributed by atoms with van der Waals surface area (Å²) in [7, 11) is -3.34. The molecule has 2 rings (SSSR count). The highest BCUT2D eigenvalue weighted by molar-refractivity contribution is 7.88. The smallest absolute Gasteiger partial charge is 0.355 e. The van der Waals surface area contributed by atoms with E-state index < -0.39 is 21.9 Å². The molecule has 21 heavy (non-hydrogen) atoms. The molecule has 1 aromatic rings. The zero-order chi connectivity index (χ0) is 15.7. The number of rotatable bonds is 3. The monoisotopic (exact) mass is 323 g/mol. The zero-order valence-electron chi connectivity index (χ0n) is 11.4. The van der Waals surface area contributed by atoms with E-state index in [0.29, 0.717) is 25.9 Å². The molecule has 1 saturated heterocycles. The van der Waals surface area contributed by atoms with Gasteiger partial charge in [0.15, 0.2) is 0 Å². The van der Waals surface area contributed by atoms with E-state index in [9.17, 15) is 21.6 Å². The van der Waals surface area contributed by atoms with Crippen molar-refractivity contribution in [3.05, 3.63) is 23.9 Å². The summed E-state index contributed by atoms with van der Waals surface area (Å²) in [6.45, 7) is 0.859. The Hall–Kier alpha value is -1.35. The second-order valence-corrected chi connectivity index (χ2v) is 6.83. The number of hydrogen-bond donors (Lipinski definition) is 1. The quantitative estimate of drug-likeness (QED) is 0.918. The first kappa shape index (κ1) is 16.0. The van der Waals surface area contributed by atoms with Crippen molar-refractivity contribution in [1.29, 1.82) is 0 Å². The van der Waals surface area contributed by atoms with Crippen LogP contribution in [0.5, 0.6) is 0 Å². The lowest BCUT2D eigenvalue weighted by Crippen LogP contribution is -2.47. The fraction of sp³-hybridized carbons (Fsp3) is 0.583. The van der Waals surface area contributed by atoms with Gasteiger partial charge in [0.05, 0.1) is 6.26 Å². The average molecular weight is 323 g/mol. The van der Waals surface area contributed by atoms with Crippen LogP contribution < -0.4 is 9.62 Å². The van der Waals surface area contributed by atoms with Crippen molar-refractivity contribution in [2.45, 2.75) is 25.1 Å². The number of halogens is 3. The molecule has 5 nitrogen and oxygen atoms in total. The average Bonchev–Trinajstić information content (AvgIpc) is 2.36. The van der Waals surface area contributed by atoms with Gasteiger partial charge in [0.25, 0.3) is 0 Å². The van der Waals surface area contributed by atoms with E-state index in [1.165, 1.54) is 12.1 Å². The van der Waals surface area contributed by atoms with Crippen molar-refractivity contribution >= 4 is 15.8 Å². The summed E-state index contributed by atoms with van der Waals surface area (Å²) in [5.74, 6) is 0.213. The molecule has 0 radical (unpaired) electrons. The third-order valence-electron chi connectivity index (χ3n) is 3.15. The lowest BCUT2D eigenvalue weighted by atomic mass is 10.1. The highest BCUT2D eigenvalue weighted by Gasteiger charge is 2.33. The molecule has 1 N–H and O–H groups in total. The molecular formula is C12H16F3N3O2S. The van der Waals surface area contributed by atoms with Gasteiger partial charge in [-0.1, -0.05) is 6.07 Å². The standard InChI is InChI=1S/C12H16F3N3O2S/c1-21(19,20)17-9-4-3-7-18(8-9)11-6-2-5-10(16-11)12(13,14)15/h2,5-6,9,17H,3-4,7-8H2,1H3/t9-/m1/s1. The molecule has 1 aromatic heterocycles. The predicted molar refractivity (Wildman–Crippen MR) is 72.5 cm³/mol. The molecule has 0 aromatic carbocycles. The van der Waals surface area contributed by atoms with E-state index in [1.54, 1.807) is 4.90 Å². The summed E-state index contributed by atoms with van der Waals surface area (Å²) in [4.78, 5) is 5.29. The van der Waals surface area contributed by atoms with Gasteiger partial charge >= 0.3 is 6.18 Å². The van der Waals surface area contributed by atoms with Gasteiger partial charge in [0.1, 0.15) is 11.5 Å². The Kier molecular flexibility index (Phi) is 4.43. The Labute approximate surface area is 121 Å². The number of nitrogens with one attached hydrogen (secondary N) is 1. The van der Waals surface area contributed by atoms with Gasteiger partial charge in [-0.3, -0.25) is 0 Å². The Balaban J connectivity index is 2.15. The second-order valence-electron chi connectivity index (χ2n) is 5.05. The molecule has 1 aliphatic heterocycles. The molecule has 1 aliphatic rings. The summed E-state index contributed by atoms with van der Waals surface area (Å²) in [6.07, 6.45) is -2.08. The number of hydrogen-bond acceptors (Lipinski definition) is 4. The number of aromatic nitrogens is 1. The van der Waals surface area contributed by atoms with Crippen LogP contribution in [0.25, 0.3) is 0 Å².